The van der Waals surface area contributed by atoms with Gasteiger partial charge in [0.15, 0.2) is 0 Å². The summed E-state index contributed by atoms with van der Waals surface area (Å²) in [5.74, 6) is -0.385. The minimum atomic E-state index is -0.521. The predicted octanol–water partition coefficient (Wildman–Crippen LogP) is -0.0384. The number of likely N-dealkylation sites (N-methyl/N-ethyl adjacent to an activating group) is 1. The second-order valence-corrected chi connectivity index (χ2v) is 3.04. The van der Waals surface area contributed by atoms with Gasteiger partial charge in [-0.2, -0.15) is 0 Å². The second kappa shape index (κ2) is 3.64. The normalized spacial score (nSPS) is 27.3. The van der Waals surface area contributed by atoms with Gasteiger partial charge in [-0.15, -0.1) is 0 Å². The number of rotatable bonds is 2. The number of carbonyl (C=O) groups excluding carboxylic acids is 2. The zero-order valence-corrected chi connectivity index (χ0v) is 8.03. The van der Waals surface area contributed by atoms with E-state index in [2.05, 4.69) is 10.1 Å². The Morgan fingerprint density at radius 1 is 1.69 bits per heavy atom. The Morgan fingerprint density at radius 2 is 2.31 bits per heavy atom. The molecule has 1 aliphatic heterocycles. The maximum Gasteiger partial charge on any atom is 0.330 e. The molecule has 2 atom stereocenters. The molecule has 0 aromatic carbocycles. The van der Waals surface area contributed by atoms with Gasteiger partial charge in [-0.05, 0) is 6.42 Å². The van der Waals surface area contributed by atoms with Gasteiger partial charge in [0.25, 0.3) is 0 Å². The molecule has 0 bridgehead atoms. The van der Waals surface area contributed by atoms with E-state index in [1.54, 1.807) is 7.05 Å². The highest BCUT2D eigenvalue weighted by molar-refractivity contribution is 5.88. The van der Waals surface area contributed by atoms with E-state index in [0.717, 1.165) is 6.42 Å². The van der Waals surface area contributed by atoms with E-state index >= 15 is 0 Å². The fourth-order valence-corrected chi connectivity index (χ4v) is 1.56. The minimum Gasteiger partial charge on any atom is -0.467 e. The van der Waals surface area contributed by atoms with E-state index in [1.165, 1.54) is 12.0 Å². The van der Waals surface area contributed by atoms with E-state index in [9.17, 15) is 9.59 Å². The molecule has 0 aliphatic carbocycles. The van der Waals surface area contributed by atoms with Crippen molar-refractivity contribution in [3.05, 3.63) is 0 Å². The number of hydrogen-bond acceptors (Lipinski definition) is 3. The average Bonchev–Trinajstić information content (AvgIpc) is 2.42. The third-order valence-electron chi connectivity index (χ3n) is 2.35. The van der Waals surface area contributed by atoms with Gasteiger partial charge in [-0.25, -0.2) is 9.59 Å². The van der Waals surface area contributed by atoms with Gasteiger partial charge in [-0.3, -0.25) is 0 Å². The maximum atomic E-state index is 11.2. The smallest absolute Gasteiger partial charge is 0.330 e. The van der Waals surface area contributed by atoms with Crippen LogP contribution < -0.4 is 5.32 Å². The molecular formula is C8H14N2O3. The van der Waals surface area contributed by atoms with Crippen molar-refractivity contribution < 1.29 is 14.3 Å². The lowest BCUT2D eigenvalue weighted by Gasteiger charge is -2.19. The van der Waals surface area contributed by atoms with Crippen LogP contribution in [0.25, 0.3) is 0 Å². The molecule has 5 heteroatoms. The number of hydrogen-bond donors (Lipinski definition) is 1. The van der Waals surface area contributed by atoms with E-state index in [1.807, 2.05) is 6.92 Å². The first-order valence-corrected chi connectivity index (χ1v) is 4.23. The molecule has 5 nitrogen and oxygen atoms in total. The Balaban J connectivity index is 2.76. The number of esters is 1. The summed E-state index contributed by atoms with van der Waals surface area (Å²) in [5, 5.41) is 2.57. The summed E-state index contributed by atoms with van der Waals surface area (Å²) >= 11 is 0. The fraction of sp³-hybridized carbons (Fsp3) is 0.750. The number of carbonyl (C=O) groups is 2. The van der Waals surface area contributed by atoms with Crippen LogP contribution in [0, 0.1) is 0 Å². The number of methoxy groups -OCH3 is 1. The highest BCUT2D eigenvalue weighted by Crippen LogP contribution is 2.15. The van der Waals surface area contributed by atoms with Crippen LogP contribution >= 0.6 is 0 Å². The van der Waals surface area contributed by atoms with Gasteiger partial charge in [0.1, 0.15) is 6.04 Å². The van der Waals surface area contributed by atoms with Crippen LogP contribution in [0.5, 0.6) is 0 Å². The van der Waals surface area contributed by atoms with E-state index in [4.69, 9.17) is 0 Å². The molecule has 1 aliphatic rings. The fourth-order valence-electron chi connectivity index (χ4n) is 1.56. The summed E-state index contributed by atoms with van der Waals surface area (Å²) < 4.78 is 4.58. The van der Waals surface area contributed by atoms with Crippen molar-refractivity contribution >= 4 is 12.0 Å². The van der Waals surface area contributed by atoms with Crippen LogP contribution in [0.2, 0.25) is 0 Å². The zero-order chi connectivity index (χ0) is 10.0. The zero-order valence-electron chi connectivity index (χ0n) is 8.03. The molecule has 13 heavy (non-hydrogen) atoms. The molecule has 2 amide bonds. The first-order valence-electron chi connectivity index (χ1n) is 4.23. The summed E-state index contributed by atoms with van der Waals surface area (Å²) in [7, 11) is 2.99. The first kappa shape index (κ1) is 9.83. The summed E-state index contributed by atoms with van der Waals surface area (Å²) in [6, 6.07) is -0.838. The standard InChI is InChI=1S/C8H14N2O3/c1-4-5-6(7(11)13-3)9-8(12)10(5)2/h5-6H,4H2,1-3H3,(H,9,12). The number of urea groups is 1. The summed E-state index contributed by atoms with van der Waals surface area (Å²) in [5.41, 5.74) is 0. The van der Waals surface area contributed by atoms with Gasteiger partial charge >= 0.3 is 12.0 Å². The third kappa shape index (κ3) is 1.59. The molecule has 1 heterocycles. The molecule has 2 unspecified atom stereocenters. The van der Waals surface area contributed by atoms with Gasteiger partial charge in [0.2, 0.25) is 0 Å². The first-order chi connectivity index (χ1) is 6.11. The molecule has 0 saturated carbocycles. The highest BCUT2D eigenvalue weighted by Gasteiger charge is 2.40. The summed E-state index contributed by atoms with van der Waals surface area (Å²) in [4.78, 5) is 23.9. The van der Waals surface area contributed by atoms with Crippen LogP contribution in [-0.2, 0) is 9.53 Å². The lowest BCUT2D eigenvalue weighted by molar-refractivity contribution is -0.143. The van der Waals surface area contributed by atoms with Crippen LogP contribution in [0.3, 0.4) is 0 Å². The Kier molecular flexibility index (Phi) is 2.75. The molecule has 0 radical (unpaired) electrons. The van der Waals surface area contributed by atoms with E-state index < -0.39 is 6.04 Å². The van der Waals surface area contributed by atoms with Crippen molar-refractivity contribution in [2.75, 3.05) is 14.2 Å². The monoisotopic (exact) mass is 186 g/mol. The van der Waals surface area contributed by atoms with Gasteiger partial charge in [-0.1, -0.05) is 6.92 Å². The molecular weight excluding hydrogens is 172 g/mol. The molecule has 1 saturated heterocycles. The van der Waals surface area contributed by atoms with Crippen LogP contribution in [0.1, 0.15) is 13.3 Å². The molecule has 0 spiro atoms. The Hall–Kier alpha value is -1.26. The van der Waals surface area contributed by atoms with Crippen LogP contribution in [0.4, 0.5) is 4.79 Å². The van der Waals surface area contributed by atoms with Crippen LogP contribution in [0.15, 0.2) is 0 Å². The Labute approximate surface area is 77.0 Å². The number of nitrogens with one attached hydrogen (secondary N) is 1. The quantitative estimate of drug-likeness (QED) is 0.616. The molecule has 74 valence electrons. The number of nitrogens with zero attached hydrogens (tertiary/aromatic N) is 1. The van der Waals surface area contributed by atoms with Crippen molar-refractivity contribution in [1.29, 1.82) is 0 Å². The molecule has 0 aromatic rings. The van der Waals surface area contributed by atoms with E-state index in [-0.39, 0.29) is 18.0 Å². The lowest BCUT2D eigenvalue weighted by atomic mass is 10.1. The second-order valence-electron chi connectivity index (χ2n) is 3.04. The Morgan fingerprint density at radius 3 is 2.77 bits per heavy atom. The largest absolute Gasteiger partial charge is 0.467 e. The van der Waals surface area contributed by atoms with Gasteiger partial charge in [0, 0.05) is 7.05 Å². The number of ether oxygens (including phenoxy) is 1. The molecule has 1 fully saturated rings. The summed E-state index contributed by atoms with van der Waals surface area (Å²) in [6.07, 6.45) is 0.731. The molecule has 1 rings (SSSR count). The average molecular weight is 186 g/mol. The molecule has 0 aromatic heterocycles. The number of amides is 2. The van der Waals surface area contributed by atoms with Crippen molar-refractivity contribution in [2.45, 2.75) is 25.4 Å². The van der Waals surface area contributed by atoms with E-state index in [0.29, 0.717) is 0 Å². The highest BCUT2D eigenvalue weighted by atomic mass is 16.5. The van der Waals surface area contributed by atoms with Crippen molar-refractivity contribution in [1.82, 2.24) is 10.2 Å². The summed E-state index contributed by atoms with van der Waals surface area (Å²) in [6.45, 7) is 1.93. The molecule has 1 N–H and O–H groups in total. The Bertz CT molecular complexity index is 229. The lowest BCUT2D eigenvalue weighted by Crippen LogP contribution is -2.41. The van der Waals surface area contributed by atoms with Crippen LogP contribution in [-0.4, -0.2) is 43.1 Å². The van der Waals surface area contributed by atoms with Gasteiger partial charge < -0.3 is 15.0 Å². The van der Waals surface area contributed by atoms with Crippen molar-refractivity contribution in [3.63, 3.8) is 0 Å². The van der Waals surface area contributed by atoms with Crippen molar-refractivity contribution in [2.24, 2.45) is 0 Å². The minimum absolute atomic E-state index is 0.0973. The topological polar surface area (TPSA) is 58.6 Å². The predicted molar refractivity (Wildman–Crippen MR) is 46.2 cm³/mol. The van der Waals surface area contributed by atoms with Gasteiger partial charge in [0.05, 0.1) is 13.2 Å². The third-order valence-corrected chi connectivity index (χ3v) is 2.35. The SMILES string of the molecule is CCC1C(C(=O)OC)NC(=O)N1C. The van der Waals surface area contributed by atoms with Crippen molar-refractivity contribution in [3.8, 4) is 0 Å². The maximum absolute atomic E-state index is 11.2.